The highest BCUT2D eigenvalue weighted by molar-refractivity contribution is 8.13. The van der Waals surface area contributed by atoms with Gasteiger partial charge in [-0.25, -0.2) is 4.98 Å². The van der Waals surface area contributed by atoms with Crippen molar-refractivity contribution in [3.63, 3.8) is 0 Å². The molecule has 7 heteroatoms. The van der Waals surface area contributed by atoms with Crippen LogP contribution in [-0.4, -0.2) is 35.1 Å². The first-order chi connectivity index (χ1) is 10.9. The SMILES string of the molecule is Cc1nc(/C=C/C(=O)Nc2ccc(SC(=O)N(C)C)cc2)cs1. The number of aryl methyl sites for hydroxylation is 1. The summed E-state index contributed by atoms with van der Waals surface area (Å²) in [4.78, 5) is 30.1. The Hall–Kier alpha value is -2.12. The number of aromatic nitrogens is 1. The van der Waals surface area contributed by atoms with Crippen LogP contribution < -0.4 is 5.32 Å². The van der Waals surface area contributed by atoms with Crippen molar-refractivity contribution in [3.05, 3.63) is 46.4 Å². The predicted molar refractivity (Wildman–Crippen MR) is 95.9 cm³/mol. The topological polar surface area (TPSA) is 62.3 Å². The van der Waals surface area contributed by atoms with Crippen molar-refractivity contribution in [2.24, 2.45) is 0 Å². The Bertz CT molecular complexity index is 721. The lowest BCUT2D eigenvalue weighted by molar-refractivity contribution is -0.111. The van der Waals surface area contributed by atoms with Crippen LogP contribution >= 0.6 is 23.1 Å². The maximum absolute atomic E-state index is 11.9. The molecule has 5 nitrogen and oxygen atoms in total. The number of thiazole rings is 1. The Balaban J connectivity index is 1.91. The number of hydrogen-bond donors (Lipinski definition) is 1. The van der Waals surface area contributed by atoms with Gasteiger partial charge in [0.2, 0.25) is 5.91 Å². The van der Waals surface area contributed by atoms with E-state index in [1.54, 1.807) is 55.8 Å². The zero-order valence-corrected chi connectivity index (χ0v) is 14.7. The molecule has 1 aromatic carbocycles. The monoisotopic (exact) mass is 347 g/mol. The van der Waals surface area contributed by atoms with Crippen LogP contribution in [-0.2, 0) is 4.79 Å². The Morgan fingerprint density at radius 1 is 1.26 bits per heavy atom. The molecule has 23 heavy (non-hydrogen) atoms. The molecule has 0 saturated carbocycles. The number of nitrogens with one attached hydrogen (secondary N) is 1. The largest absolute Gasteiger partial charge is 0.339 e. The van der Waals surface area contributed by atoms with E-state index in [1.165, 1.54) is 11.0 Å². The normalized spacial score (nSPS) is 10.7. The Morgan fingerprint density at radius 2 is 1.96 bits per heavy atom. The highest BCUT2D eigenvalue weighted by atomic mass is 32.2. The van der Waals surface area contributed by atoms with Crippen molar-refractivity contribution in [2.45, 2.75) is 11.8 Å². The molecule has 1 aromatic heterocycles. The Labute approximate surface area is 143 Å². The van der Waals surface area contributed by atoms with Gasteiger partial charge in [0.25, 0.3) is 5.24 Å². The molecule has 0 saturated heterocycles. The van der Waals surface area contributed by atoms with Gasteiger partial charge in [-0.1, -0.05) is 0 Å². The lowest BCUT2D eigenvalue weighted by atomic mass is 10.3. The van der Waals surface area contributed by atoms with Gasteiger partial charge >= 0.3 is 0 Å². The number of benzene rings is 1. The second kappa shape index (κ2) is 7.94. The van der Waals surface area contributed by atoms with E-state index in [1.807, 2.05) is 12.3 Å². The third-order valence-electron chi connectivity index (χ3n) is 2.73. The summed E-state index contributed by atoms with van der Waals surface area (Å²) < 4.78 is 0. The van der Waals surface area contributed by atoms with E-state index in [0.29, 0.717) is 5.69 Å². The number of hydrogen-bond acceptors (Lipinski definition) is 5. The van der Waals surface area contributed by atoms with Crippen LogP contribution in [0.3, 0.4) is 0 Å². The van der Waals surface area contributed by atoms with Gasteiger partial charge < -0.3 is 10.2 Å². The quantitative estimate of drug-likeness (QED) is 0.673. The molecule has 1 N–H and O–H groups in total. The summed E-state index contributed by atoms with van der Waals surface area (Å²) in [6, 6.07) is 7.14. The zero-order valence-electron chi connectivity index (χ0n) is 13.1. The van der Waals surface area contributed by atoms with Crippen LogP contribution in [0.2, 0.25) is 0 Å². The minimum Gasteiger partial charge on any atom is -0.339 e. The molecule has 1 heterocycles. The lowest BCUT2D eigenvalue weighted by Gasteiger charge is -2.09. The third kappa shape index (κ3) is 5.54. The molecule has 0 aliphatic carbocycles. The van der Waals surface area contributed by atoms with Crippen molar-refractivity contribution in [1.82, 2.24) is 9.88 Å². The van der Waals surface area contributed by atoms with Gasteiger partial charge in [-0.2, -0.15) is 0 Å². The fourth-order valence-corrected chi connectivity index (χ4v) is 2.84. The minimum atomic E-state index is -0.222. The molecule has 0 spiro atoms. The van der Waals surface area contributed by atoms with Crippen LogP contribution in [0.15, 0.2) is 40.6 Å². The molecular formula is C16H17N3O2S2. The van der Waals surface area contributed by atoms with Crippen LogP contribution in [0.5, 0.6) is 0 Å². The summed E-state index contributed by atoms with van der Waals surface area (Å²) in [5, 5.41) is 5.59. The first-order valence-electron chi connectivity index (χ1n) is 6.84. The average molecular weight is 347 g/mol. The van der Waals surface area contributed by atoms with Crippen molar-refractivity contribution in [1.29, 1.82) is 0 Å². The Kier molecular flexibility index (Phi) is 5.95. The van der Waals surface area contributed by atoms with Gasteiger partial charge in [0.15, 0.2) is 0 Å². The smallest absolute Gasteiger partial charge is 0.285 e. The van der Waals surface area contributed by atoms with E-state index in [-0.39, 0.29) is 11.1 Å². The number of thioether (sulfide) groups is 1. The number of amides is 2. The molecule has 0 unspecified atom stereocenters. The second-order valence-electron chi connectivity index (χ2n) is 4.90. The molecule has 0 aliphatic rings. The predicted octanol–water partition coefficient (Wildman–Crippen LogP) is 3.88. The fourth-order valence-electron chi connectivity index (χ4n) is 1.60. The summed E-state index contributed by atoms with van der Waals surface area (Å²) in [5.74, 6) is -0.222. The lowest BCUT2D eigenvalue weighted by Crippen LogP contribution is -2.16. The second-order valence-corrected chi connectivity index (χ2v) is 6.99. The van der Waals surface area contributed by atoms with E-state index in [2.05, 4.69) is 10.3 Å². The number of carbonyl (C=O) groups is 2. The first kappa shape index (κ1) is 17.2. The van der Waals surface area contributed by atoms with Crippen molar-refractivity contribution < 1.29 is 9.59 Å². The minimum absolute atomic E-state index is 0.0386. The summed E-state index contributed by atoms with van der Waals surface area (Å²) in [6.45, 7) is 1.92. The van der Waals surface area contributed by atoms with E-state index in [0.717, 1.165) is 27.4 Å². The molecule has 120 valence electrons. The van der Waals surface area contributed by atoms with E-state index in [9.17, 15) is 9.59 Å². The van der Waals surface area contributed by atoms with Crippen LogP contribution in [0, 0.1) is 6.92 Å². The maximum atomic E-state index is 11.9. The highest BCUT2D eigenvalue weighted by Gasteiger charge is 2.06. The number of rotatable bonds is 4. The van der Waals surface area contributed by atoms with E-state index >= 15 is 0 Å². The summed E-state index contributed by atoms with van der Waals surface area (Å²) in [6.07, 6.45) is 3.13. The molecule has 0 radical (unpaired) electrons. The number of carbonyl (C=O) groups excluding carboxylic acids is 2. The number of nitrogens with zero attached hydrogens (tertiary/aromatic N) is 2. The maximum Gasteiger partial charge on any atom is 0.285 e. The standard InChI is InChI=1S/C16H17N3O2S2/c1-11-17-13(10-22-11)6-9-15(20)18-12-4-7-14(8-5-12)23-16(21)19(2)3/h4-10H,1-3H3,(H,18,20)/b9-6+. The summed E-state index contributed by atoms with van der Waals surface area (Å²) in [7, 11) is 3.42. The van der Waals surface area contributed by atoms with Gasteiger partial charge in [0, 0.05) is 36.1 Å². The van der Waals surface area contributed by atoms with Crippen LogP contribution in [0.25, 0.3) is 6.08 Å². The van der Waals surface area contributed by atoms with Gasteiger partial charge in [-0.3, -0.25) is 9.59 Å². The average Bonchev–Trinajstić information content (AvgIpc) is 2.92. The van der Waals surface area contributed by atoms with E-state index in [4.69, 9.17) is 0 Å². The van der Waals surface area contributed by atoms with Gasteiger partial charge in [-0.15, -0.1) is 11.3 Å². The molecular weight excluding hydrogens is 330 g/mol. The van der Waals surface area contributed by atoms with Crippen molar-refractivity contribution >= 4 is 46.0 Å². The Morgan fingerprint density at radius 3 is 2.52 bits per heavy atom. The van der Waals surface area contributed by atoms with Gasteiger partial charge in [-0.05, 0) is 49.0 Å². The molecule has 0 atom stereocenters. The van der Waals surface area contributed by atoms with Crippen LogP contribution in [0.4, 0.5) is 10.5 Å². The van der Waals surface area contributed by atoms with Crippen molar-refractivity contribution in [3.8, 4) is 0 Å². The molecule has 0 fully saturated rings. The molecule has 2 aromatic rings. The zero-order chi connectivity index (χ0) is 16.8. The fraction of sp³-hybridized carbons (Fsp3) is 0.188. The molecule has 0 bridgehead atoms. The number of anilines is 1. The first-order valence-corrected chi connectivity index (χ1v) is 8.54. The van der Waals surface area contributed by atoms with Crippen molar-refractivity contribution in [2.75, 3.05) is 19.4 Å². The summed E-state index contributed by atoms with van der Waals surface area (Å²) >= 11 is 2.68. The molecule has 0 aliphatic heterocycles. The van der Waals surface area contributed by atoms with Gasteiger partial charge in [0.1, 0.15) is 0 Å². The van der Waals surface area contributed by atoms with E-state index < -0.39 is 0 Å². The molecule has 2 amide bonds. The molecule has 2 rings (SSSR count). The highest BCUT2D eigenvalue weighted by Crippen LogP contribution is 2.22. The van der Waals surface area contributed by atoms with Gasteiger partial charge in [0.05, 0.1) is 10.7 Å². The summed E-state index contributed by atoms with van der Waals surface area (Å²) in [5.41, 5.74) is 1.45. The third-order valence-corrected chi connectivity index (χ3v) is 4.57. The van der Waals surface area contributed by atoms with Crippen LogP contribution in [0.1, 0.15) is 10.7 Å².